The Kier molecular flexibility index (Phi) is 5.05. The SMILES string of the molecule is O=C(Cc1csc(-c2ccccc2Cl)n1)NCc1ccccc1. The maximum absolute atomic E-state index is 12.0. The van der Waals surface area contributed by atoms with E-state index in [4.69, 9.17) is 11.6 Å². The van der Waals surface area contributed by atoms with E-state index in [1.54, 1.807) is 0 Å². The predicted octanol–water partition coefficient (Wildman–Crippen LogP) is 4.32. The molecule has 1 heterocycles. The fourth-order valence-electron chi connectivity index (χ4n) is 2.17. The summed E-state index contributed by atoms with van der Waals surface area (Å²) in [6.07, 6.45) is 0.272. The van der Waals surface area contributed by atoms with Crippen molar-refractivity contribution < 1.29 is 4.79 Å². The molecule has 5 heteroatoms. The molecule has 0 unspecified atom stereocenters. The molecular formula is C18H15ClN2OS. The third-order valence-electron chi connectivity index (χ3n) is 3.33. The molecule has 0 aliphatic carbocycles. The minimum Gasteiger partial charge on any atom is -0.352 e. The molecular weight excluding hydrogens is 328 g/mol. The van der Waals surface area contributed by atoms with E-state index in [-0.39, 0.29) is 12.3 Å². The van der Waals surface area contributed by atoms with Crippen molar-refractivity contribution >= 4 is 28.8 Å². The number of carbonyl (C=O) groups excluding carboxylic acids is 1. The van der Waals surface area contributed by atoms with E-state index < -0.39 is 0 Å². The van der Waals surface area contributed by atoms with E-state index in [0.717, 1.165) is 21.8 Å². The van der Waals surface area contributed by atoms with Gasteiger partial charge in [-0.15, -0.1) is 11.3 Å². The number of benzene rings is 2. The molecule has 0 fully saturated rings. The first kappa shape index (κ1) is 15.7. The summed E-state index contributed by atoms with van der Waals surface area (Å²) in [5, 5.41) is 6.31. The number of hydrogen-bond donors (Lipinski definition) is 1. The highest BCUT2D eigenvalue weighted by Crippen LogP contribution is 2.30. The summed E-state index contributed by atoms with van der Waals surface area (Å²) >= 11 is 7.68. The fourth-order valence-corrected chi connectivity index (χ4v) is 3.31. The second kappa shape index (κ2) is 7.40. The molecule has 0 saturated carbocycles. The molecule has 0 spiro atoms. The van der Waals surface area contributed by atoms with Gasteiger partial charge in [0.25, 0.3) is 0 Å². The van der Waals surface area contributed by atoms with Crippen molar-refractivity contribution in [2.24, 2.45) is 0 Å². The molecule has 1 N–H and O–H groups in total. The van der Waals surface area contributed by atoms with Gasteiger partial charge in [0.1, 0.15) is 5.01 Å². The number of halogens is 1. The van der Waals surface area contributed by atoms with Crippen LogP contribution in [0.4, 0.5) is 0 Å². The first-order valence-electron chi connectivity index (χ1n) is 7.22. The van der Waals surface area contributed by atoms with Gasteiger partial charge in [-0.1, -0.05) is 60.1 Å². The Balaban J connectivity index is 1.61. The molecule has 0 aliphatic heterocycles. The molecule has 3 rings (SSSR count). The summed E-state index contributed by atoms with van der Waals surface area (Å²) in [5.74, 6) is -0.0372. The summed E-state index contributed by atoms with van der Waals surface area (Å²) < 4.78 is 0. The Labute approximate surface area is 144 Å². The molecule has 3 nitrogen and oxygen atoms in total. The second-order valence-electron chi connectivity index (χ2n) is 5.06. The lowest BCUT2D eigenvalue weighted by molar-refractivity contribution is -0.120. The molecule has 23 heavy (non-hydrogen) atoms. The molecule has 116 valence electrons. The number of hydrogen-bond acceptors (Lipinski definition) is 3. The van der Waals surface area contributed by atoms with Crippen molar-refractivity contribution in [2.45, 2.75) is 13.0 Å². The second-order valence-corrected chi connectivity index (χ2v) is 6.33. The highest BCUT2D eigenvalue weighted by Gasteiger charge is 2.10. The number of amides is 1. The zero-order valence-corrected chi connectivity index (χ0v) is 13.9. The van der Waals surface area contributed by atoms with Crippen LogP contribution in [-0.2, 0) is 17.8 Å². The topological polar surface area (TPSA) is 42.0 Å². The fraction of sp³-hybridized carbons (Fsp3) is 0.111. The Morgan fingerprint density at radius 1 is 1.09 bits per heavy atom. The maximum Gasteiger partial charge on any atom is 0.226 e. The first-order chi connectivity index (χ1) is 11.2. The Bertz CT molecular complexity index is 802. The van der Waals surface area contributed by atoms with E-state index in [0.29, 0.717) is 11.6 Å². The first-order valence-corrected chi connectivity index (χ1v) is 8.48. The number of nitrogens with one attached hydrogen (secondary N) is 1. The molecule has 0 saturated heterocycles. The van der Waals surface area contributed by atoms with Gasteiger partial charge in [-0.25, -0.2) is 4.98 Å². The zero-order valence-electron chi connectivity index (χ0n) is 12.3. The summed E-state index contributed by atoms with van der Waals surface area (Å²) in [5.41, 5.74) is 2.74. The minimum atomic E-state index is -0.0372. The van der Waals surface area contributed by atoms with Crippen LogP contribution in [0.1, 0.15) is 11.3 Å². The van der Waals surface area contributed by atoms with Gasteiger partial charge in [0.2, 0.25) is 5.91 Å². The van der Waals surface area contributed by atoms with Crippen LogP contribution < -0.4 is 5.32 Å². The average molecular weight is 343 g/mol. The lowest BCUT2D eigenvalue weighted by Crippen LogP contribution is -2.24. The molecule has 3 aromatic rings. The van der Waals surface area contributed by atoms with Gasteiger partial charge in [0.05, 0.1) is 17.1 Å². The highest BCUT2D eigenvalue weighted by molar-refractivity contribution is 7.13. The van der Waals surface area contributed by atoms with Crippen molar-refractivity contribution in [3.63, 3.8) is 0 Å². The van der Waals surface area contributed by atoms with Gasteiger partial charge in [0.15, 0.2) is 0 Å². The van der Waals surface area contributed by atoms with Crippen LogP contribution in [0.5, 0.6) is 0 Å². The molecule has 0 bridgehead atoms. The monoisotopic (exact) mass is 342 g/mol. The molecule has 2 aromatic carbocycles. The third kappa shape index (κ3) is 4.18. The van der Waals surface area contributed by atoms with Crippen molar-refractivity contribution in [3.05, 3.63) is 76.3 Å². The summed E-state index contributed by atoms with van der Waals surface area (Å²) in [7, 11) is 0. The Morgan fingerprint density at radius 3 is 2.61 bits per heavy atom. The number of rotatable bonds is 5. The van der Waals surface area contributed by atoms with Crippen LogP contribution >= 0.6 is 22.9 Å². The van der Waals surface area contributed by atoms with Crippen molar-refractivity contribution in [2.75, 3.05) is 0 Å². The van der Waals surface area contributed by atoms with Gasteiger partial charge >= 0.3 is 0 Å². The summed E-state index contributed by atoms with van der Waals surface area (Å²) in [6, 6.07) is 17.4. The standard InChI is InChI=1S/C18H15ClN2OS/c19-16-9-5-4-8-15(16)18-21-14(12-23-18)10-17(22)20-11-13-6-2-1-3-7-13/h1-9,12H,10-11H2,(H,20,22). The van der Waals surface area contributed by atoms with E-state index >= 15 is 0 Å². The largest absolute Gasteiger partial charge is 0.352 e. The van der Waals surface area contributed by atoms with Crippen LogP contribution in [0.3, 0.4) is 0 Å². The Morgan fingerprint density at radius 2 is 1.83 bits per heavy atom. The lowest BCUT2D eigenvalue weighted by atomic mass is 10.2. The smallest absolute Gasteiger partial charge is 0.226 e. The molecule has 1 aromatic heterocycles. The summed E-state index contributed by atoms with van der Waals surface area (Å²) in [4.78, 5) is 16.5. The Hall–Kier alpha value is -2.17. The van der Waals surface area contributed by atoms with E-state index in [1.165, 1.54) is 11.3 Å². The predicted molar refractivity (Wildman–Crippen MR) is 94.6 cm³/mol. The molecule has 1 amide bonds. The van der Waals surface area contributed by atoms with Gasteiger partial charge in [-0.2, -0.15) is 0 Å². The van der Waals surface area contributed by atoms with E-state index in [2.05, 4.69) is 10.3 Å². The average Bonchev–Trinajstić information content (AvgIpc) is 3.02. The van der Waals surface area contributed by atoms with Crippen molar-refractivity contribution in [1.82, 2.24) is 10.3 Å². The quantitative estimate of drug-likeness (QED) is 0.750. The lowest BCUT2D eigenvalue weighted by Gasteiger charge is -2.04. The van der Waals surface area contributed by atoms with Crippen LogP contribution in [0.25, 0.3) is 10.6 Å². The van der Waals surface area contributed by atoms with Crippen LogP contribution in [0, 0.1) is 0 Å². The maximum atomic E-state index is 12.0. The van der Waals surface area contributed by atoms with Gasteiger partial charge in [-0.05, 0) is 11.6 Å². The van der Waals surface area contributed by atoms with E-state index in [9.17, 15) is 4.79 Å². The zero-order chi connectivity index (χ0) is 16.1. The molecule has 0 atom stereocenters. The van der Waals surface area contributed by atoms with Crippen molar-refractivity contribution in [1.29, 1.82) is 0 Å². The third-order valence-corrected chi connectivity index (χ3v) is 4.58. The minimum absolute atomic E-state index is 0.0372. The number of aromatic nitrogens is 1. The van der Waals surface area contributed by atoms with Crippen LogP contribution in [-0.4, -0.2) is 10.9 Å². The summed E-state index contributed by atoms with van der Waals surface area (Å²) in [6.45, 7) is 0.529. The van der Waals surface area contributed by atoms with Gasteiger partial charge < -0.3 is 5.32 Å². The normalized spacial score (nSPS) is 10.5. The molecule has 0 aliphatic rings. The van der Waals surface area contributed by atoms with E-state index in [1.807, 2.05) is 60.0 Å². The molecule has 0 radical (unpaired) electrons. The number of nitrogens with zero attached hydrogens (tertiary/aromatic N) is 1. The number of carbonyl (C=O) groups is 1. The van der Waals surface area contributed by atoms with Crippen LogP contribution in [0.2, 0.25) is 5.02 Å². The van der Waals surface area contributed by atoms with Gasteiger partial charge in [-0.3, -0.25) is 4.79 Å². The van der Waals surface area contributed by atoms with Crippen LogP contribution in [0.15, 0.2) is 60.0 Å². The van der Waals surface area contributed by atoms with Gasteiger partial charge in [0, 0.05) is 17.5 Å². The van der Waals surface area contributed by atoms with Crippen molar-refractivity contribution in [3.8, 4) is 10.6 Å². The number of thiazole rings is 1. The highest BCUT2D eigenvalue weighted by atomic mass is 35.5.